The SMILES string of the molecule is CCOc1cccc(N2C(=O)C(Nc3ccc(C(C)C)cc3)=C(c3ccc(C)c(C)c3)C2=O)c1. The van der Waals surface area contributed by atoms with E-state index >= 15 is 0 Å². The number of hydrogen-bond donors (Lipinski definition) is 1. The molecule has 0 atom stereocenters. The highest BCUT2D eigenvalue weighted by atomic mass is 16.5. The summed E-state index contributed by atoms with van der Waals surface area (Å²) < 4.78 is 5.59. The van der Waals surface area contributed by atoms with Gasteiger partial charge in [-0.1, -0.05) is 50.2 Å². The minimum absolute atomic E-state index is 0.271. The van der Waals surface area contributed by atoms with E-state index in [1.165, 1.54) is 10.5 Å². The third-order valence-corrected chi connectivity index (χ3v) is 6.11. The number of benzene rings is 3. The maximum atomic E-state index is 13.7. The van der Waals surface area contributed by atoms with Gasteiger partial charge >= 0.3 is 0 Å². The van der Waals surface area contributed by atoms with Crippen LogP contribution in [-0.2, 0) is 9.59 Å². The Morgan fingerprint density at radius 3 is 2.26 bits per heavy atom. The highest BCUT2D eigenvalue weighted by molar-refractivity contribution is 6.46. The molecule has 4 rings (SSSR count). The lowest BCUT2D eigenvalue weighted by atomic mass is 9.99. The fourth-order valence-electron chi connectivity index (χ4n) is 4.02. The van der Waals surface area contributed by atoms with Crippen LogP contribution in [0.25, 0.3) is 5.57 Å². The van der Waals surface area contributed by atoms with Gasteiger partial charge in [-0.3, -0.25) is 9.59 Å². The zero-order valence-corrected chi connectivity index (χ0v) is 20.3. The van der Waals surface area contributed by atoms with E-state index in [1.54, 1.807) is 18.2 Å². The first-order chi connectivity index (χ1) is 16.3. The largest absolute Gasteiger partial charge is 0.494 e. The average Bonchev–Trinajstić information content (AvgIpc) is 3.05. The van der Waals surface area contributed by atoms with Crippen LogP contribution in [0.4, 0.5) is 11.4 Å². The highest BCUT2D eigenvalue weighted by Crippen LogP contribution is 2.35. The number of aryl methyl sites for hydroxylation is 2. The van der Waals surface area contributed by atoms with Crippen LogP contribution in [0.15, 0.2) is 72.4 Å². The van der Waals surface area contributed by atoms with Gasteiger partial charge in [0.05, 0.1) is 17.9 Å². The number of nitrogens with one attached hydrogen (secondary N) is 1. The number of carbonyl (C=O) groups excluding carboxylic acids is 2. The first-order valence-electron chi connectivity index (χ1n) is 11.6. The van der Waals surface area contributed by atoms with E-state index in [-0.39, 0.29) is 17.5 Å². The van der Waals surface area contributed by atoms with Gasteiger partial charge in [-0.2, -0.15) is 0 Å². The predicted molar refractivity (Wildman–Crippen MR) is 137 cm³/mol. The summed E-state index contributed by atoms with van der Waals surface area (Å²) >= 11 is 0. The van der Waals surface area contributed by atoms with Gasteiger partial charge < -0.3 is 10.1 Å². The van der Waals surface area contributed by atoms with Crippen LogP contribution in [0.1, 0.15) is 48.9 Å². The maximum absolute atomic E-state index is 13.7. The van der Waals surface area contributed by atoms with E-state index in [2.05, 4.69) is 19.2 Å². The van der Waals surface area contributed by atoms with Crippen molar-refractivity contribution in [3.63, 3.8) is 0 Å². The zero-order valence-electron chi connectivity index (χ0n) is 20.3. The van der Waals surface area contributed by atoms with Crippen LogP contribution in [0.3, 0.4) is 0 Å². The fourth-order valence-corrected chi connectivity index (χ4v) is 4.02. The molecule has 0 radical (unpaired) electrons. The van der Waals surface area contributed by atoms with Crippen molar-refractivity contribution in [2.45, 2.75) is 40.5 Å². The van der Waals surface area contributed by atoms with Gasteiger partial charge in [-0.15, -0.1) is 0 Å². The normalized spacial score (nSPS) is 13.8. The Bertz CT molecular complexity index is 1270. The Kier molecular flexibility index (Phi) is 6.55. The van der Waals surface area contributed by atoms with E-state index < -0.39 is 0 Å². The van der Waals surface area contributed by atoms with E-state index in [9.17, 15) is 9.59 Å². The predicted octanol–water partition coefficient (Wildman–Crippen LogP) is 6.22. The Balaban J connectivity index is 1.79. The monoisotopic (exact) mass is 454 g/mol. The molecule has 0 aliphatic carbocycles. The molecule has 1 aliphatic heterocycles. The van der Waals surface area contributed by atoms with E-state index in [0.717, 1.165) is 16.8 Å². The van der Waals surface area contributed by atoms with E-state index in [4.69, 9.17) is 4.74 Å². The summed E-state index contributed by atoms with van der Waals surface area (Å²) in [6.45, 7) is 10.7. The molecular weight excluding hydrogens is 424 g/mol. The molecule has 1 aliphatic rings. The quantitative estimate of drug-likeness (QED) is 0.431. The molecule has 34 heavy (non-hydrogen) atoms. The van der Waals surface area contributed by atoms with Crippen molar-refractivity contribution in [2.24, 2.45) is 0 Å². The smallest absolute Gasteiger partial charge is 0.282 e. The molecule has 0 spiro atoms. The molecule has 0 saturated heterocycles. The van der Waals surface area contributed by atoms with Gasteiger partial charge in [0.2, 0.25) is 0 Å². The minimum atomic E-state index is -0.389. The lowest BCUT2D eigenvalue weighted by Gasteiger charge is -2.16. The number of anilines is 2. The first-order valence-corrected chi connectivity index (χ1v) is 11.6. The summed E-state index contributed by atoms with van der Waals surface area (Å²) in [7, 11) is 0. The van der Waals surface area contributed by atoms with Crippen molar-refractivity contribution in [3.05, 3.63) is 94.7 Å². The zero-order chi connectivity index (χ0) is 24.4. The first kappa shape index (κ1) is 23.3. The highest BCUT2D eigenvalue weighted by Gasteiger charge is 2.40. The van der Waals surface area contributed by atoms with E-state index in [0.29, 0.717) is 35.1 Å². The number of rotatable bonds is 7. The van der Waals surface area contributed by atoms with Gasteiger partial charge in [0, 0.05) is 11.8 Å². The molecule has 0 aromatic heterocycles. The molecule has 3 aromatic rings. The lowest BCUT2D eigenvalue weighted by molar-refractivity contribution is -0.120. The number of hydrogen-bond acceptors (Lipinski definition) is 4. The second-order valence-electron chi connectivity index (χ2n) is 8.83. The number of carbonyl (C=O) groups is 2. The van der Waals surface area contributed by atoms with Crippen molar-refractivity contribution < 1.29 is 14.3 Å². The van der Waals surface area contributed by atoms with Crippen LogP contribution in [0.5, 0.6) is 5.75 Å². The number of imide groups is 1. The Labute approximate surface area is 201 Å². The summed E-state index contributed by atoms with van der Waals surface area (Å²) in [6, 6.07) is 20.8. The molecule has 5 heteroatoms. The van der Waals surface area contributed by atoms with Gasteiger partial charge in [0.15, 0.2) is 0 Å². The summed E-state index contributed by atoms with van der Waals surface area (Å²) in [6.07, 6.45) is 0. The minimum Gasteiger partial charge on any atom is -0.494 e. The standard InChI is InChI=1S/C29H30N2O3/c1-6-34-25-9-7-8-24(17-25)31-28(32)26(22-11-10-19(4)20(5)16-22)27(29(31)33)30-23-14-12-21(13-15-23)18(2)3/h7-18,30H,6H2,1-5H3. The van der Waals surface area contributed by atoms with Crippen molar-refractivity contribution in [1.29, 1.82) is 0 Å². The van der Waals surface area contributed by atoms with Crippen LogP contribution >= 0.6 is 0 Å². The molecule has 0 bridgehead atoms. The Morgan fingerprint density at radius 2 is 1.62 bits per heavy atom. The van der Waals surface area contributed by atoms with E-state index in [1.807, 2.05) is 69.3 Å². The van der Waals surface area contributed by atoms with Crippen LogP contribution < -0.4 is 15.0 Å². The molecule has 174 valence electrons. The Hall–Kier alpha value is -3.86. The Morgan fingerprint density at radius 1 is 0.882 bits per heavy atom. The van der Waals surface area contributed by atoms with Crippen LogP contribution in [0.2, 0.25) is 0 Å². The molecule has 2 amide bonds. The van der Waals surface area contributed by atoms with Crippen LogP contribution in [0, 0.1) is 13.8 Å². The molecule has 3 aromatic carbocycles. The topological polar surface area (TPSA) is 58.6 Å². The third-order valence-electron chi connectivity index (χ3n) is 6.11. The summed E-state index contributed by atoms with van der Waals surface area (Å²) in [5.41, 5.74) is 5.98. The number of amides is 2. The van der Waals surface area contributed by atoms with Crippen molar-refractivity contribution in [2.75, 3.05) is 16.8 Å². The van der Waals surface area contributed by atoms with Gasteiger partial charge in [0.25, 0.3) is 11.8 Å². The number of ether oxygens (including phenoxy) is 1. The lowest BCUT2D eigenvalue weighted by Crippen LogP contribution is -2.32. The van der Waals surface area contributed by atoms with Crippen molar-refractivity contribution >= 4 is 28.8 Å². The molecular formula is C29H30N2O3. The average molecular weight is 455 g/mol. The molecule has 0 fully saturated rings. The van der Waals surface area contributed by atoms with Crippen molar-refractivity contribution in [1.82, 2.24) is 0 Å². The third kappa shape index (κ3) is 4.46. The number of nitrogens with zero attached hydrogens (tertiary/aromatic N) is 1. The molecule has 0 unspecified atom stereocenters. The van der Waals surface area contributed by atoms with Gasteiger partial charge in [0.1, 0.15) is 11.4 Å². The molecule has 1 heterocycles. The second-order valence-corrected chi connectivity index (χ2v) is 8.83. The summed E-state index contributed by atoms with van der Waals surface area (Å²) in [4.78, 5) is 28.6. The molecule has 0 saturated carbocycles. The second kappa shape index (κ2) is 9.56. The molecule has 1 N–H and O–H groups in total. The molecule has 5 nitrogen and oxygen atoms in total. The van der Waals surface area contributed by atoms with Gasteiger partial charge in [-0.05, 0) is 73.2 Å². The maximum Gasteiger partial charge on any atom is 0.282 e. The van der Waals surface area contributed by atoms with Crippen LogP contribution in [-0.4, -0.2) is 18.4 Å². The van der Waals surface area contributed by atoms with Gasteiger partial charge in [-0.25, -0.2) is 4.90 Å². The summed E-state index contributed by atoms with van der Waals surface area (Å²) in [5, 5.41) is 3.25. The summed E-state index contributed by atoms with van der Waals surface area (Å²) in [5.74, 6) is 0.268. The van der Waals surface area contributed by atoms with Crippen molar-refractivity contribution in [3.8, 4) is 5.75 Å². The fraction of sp³-hybridized carbons (Fsp3) is 0.241.